The van der Waals surface area contributed by atoms with Crippen LogP contribution in [0.2, 0.25) is 0 Å². The van der Waals surface area contributed by atoms with Crippen LogP contribution in [-0.2, 0) is 0 Å². The van der Waals surface area contributed by atoms with Crippen LogP contribution < -0.4 is 17.2 Å². The van der Waals surface area contributed by atoms with Gasteiger partial charge in [-0.05, 0) is 6.07 Å². The molecule has 0 bridgehead atoms. The molecular formula is C8H11N5. The molecule has 0 aliphatic heterocycles. The fourth-order valence-electron chi connectivity index (χ4n) is 0.786. The first-order valence-corrected chi connectivity index (χ1v) is 3.66. The molecule has 0 saturated carbocycles. The molecule has 68 valence electrons. The highest BCUT2D eigenvalue weighted by atomic mass is 15.3. The van der Waals surface area contributed by atoms with Crippen molar-refractivity contribution in [1.82, 2.24) is 0 Å². The van der Waals surface area contributed by atoms with Gasteiger partial charge in [0, 0.05) is 11.3 Å². The van der Waals surface area contributed by atoms with Crippen molar-refractivity contribution < 1.29 is 0 Å². The van der Waals surface area contributed by atoms with Gasteiger partial charge in [0.25, 0.3) is 0 Å². The van der Waals surface area contributed by atoms with E-state index in [2.05, 4.69) is 10.2 Å². The van der Waals surface area contributed by atoms with Crippen molar-refractivity contribution in [1.29, 1.82) is 0 Å². The third kappa shape index (κ3) is 2.82. The molecule has 1 rings (SSSR count). The number of rotatable bonds is 2. The van der Waals surface area contributed by atoms with Crippen LogP contribution >= 0.6 is 0 Å². The Morgan fingerprint density at radius 3 is 2.54 bits per heavy atom. The van der Waals surface area contributed by atoms with E-state index in [0.29, 0.717) is 5.69 Å². The molecule has 0 saturated heterocycles. The Kier molecular flexibility index (Phi) is 2.86. The van der Waals surface area contributed by atoms with Crippen molar-refractivity contribution in [2.45, 2.75) is 0 Å². The molecule has 6 N–H and O–H groups in total. The Balaban J connectivity index is 2.80. The highest BCUT2D eigenvalue weighted by molar-refractivity contribution is 5.87. The number of benzene rings is 1. The molecule has 0 radical (unpaired) electrons. The van der Waals surface area contributed by atoms with Crippen LogP contribution in [0.5, 0.6) is 0 Å². The molecule has 0 spiro atoms. The smallest absolute Gasteiger partial charge is 0.211 e. The first kappa shape index (κ1) is 9.05. The van der Waals surface area contributed by atoms with Crippen LogP contribution in [0, 0.1) is 0 Å². The summed E-state index contributed by atoms with van der Waals surface area (Å²) in [7, 11) is 0. The average molecular weight is 177 g/mol. The summed E-state index contributed by atoms with van der Waals surface area (Å²) in [6.45, 7) is 0. The molecule has 5 heteroatoms. The maximum atomic E-state index is 5.64. The standard InChI is InChI=1S/C8H11N5/c9-7-4-2-1-3-6(7)5-12-13-8(10)11/h1-5H,9H2,(H4,10,11,13)/b12-5+. The van der Waals surface area contributed by atoms with E-state index in [9.17, 15) is 0 Å². The summed E-state index contributed by atoms with van der Waals surface area (Å²) in [6.07, 6.45) is 1.50. The third-order valence-electron chi connectivity index (χ3n) is 1.37. The third-order valence-corrected chi connectivity index (χ3v) is 1.37. The predicted molar refractivity (Wildman–Crippen MR) is 54.3 cm³/mol. The van der Waals surface area contributed by atoms with Crippen molar-refractivity contribution in [3.05, 3.63) is 29.8 Å². The number of nitrogen functional groups attached to an aromatic ring is 1. The zero-order valence-electron chi connectivity index (χ0n) is 7.01. The molecule has 0 amide bonds. The lowest BCUT2D eigenvalue weighted by Gasteiger charge is -1.95. The predicted octanol–water partition coefficient (Wildman–Crippen LogP) is -0.124. The molecule has 13 heavy (non-hydrogen) atoms. The number of anilines is 1. The minimum Gasteiger partial charge on any atom is -0.398 e. The van der Waals surface area contributed by atoms with Crippen molar-refractivity contribution in [2.75, 3.05) is 5.73 Å². The van der Waals surface area contributed by atoms with Gasteiger partial charge in [-0.3, -0.25) is 0 Å². The van der Waals surface area contributed by atoms with Gasteiger partial charge in [-0.1, -0.05) is 18.2 Å². The fraction of sp³-hybridized carbons (Fsp3) is 0. The summed E-state index contributed by atoms with van der Waals surface area (Å²) in [5.41, 5.74) is 17.2. The molecule has 0 unspecified atom stereocenters. The monoisotopic (exact) mass is 177 g/mol. The average Bonchev–Trinajstić information content (AvgIpc) is 2.08. The molecular weight excluding hydrogens is 166 g/mol. The first-order valence-electron chi connectivity index (χ1n) is 3.66. The first-order chi connectivity index (χ1) is 6.20. The van der Waals surface area contributed by atoms with Crippen LogP contribution in [0.25, 0.3) is 0 Å². The van der Waals surface area contributed by atoms with Gasteiger partial charge in [0.1, 0.15) is 0 Å². The highest BCUT2D eigenvalue weighted by Crippen LogP contribution is 2.06. The lowest BCUT2D eigenvalue weighted by atomic mass is 10.2. The molecule has 0 aliphatic carbocycles. The second-order valence-electron chi connectivity index (χ2n) is 2.40. The normalized spacial score (nSPS) is 10.2. The van der Waals surface area contributed by atoms with Gasteiger partial charge in [-0.15, -0.1) is 5.10 Å². The van der Waals surface area contributed by atoms with Crippen molar-refractivity contribution in [3.63, 3.8) is 0 Å². The van der Waals surface area contributed by atoms with Gasteiger partial charge in [0.15, 0.2) is 0 Å². The number of nitrogens with two attached hydrogens (primary N) is 3. The minimum atomic E-state index is -0.0780. The molecule has 5 nitrogen and oxygen atoms in total. The number of guanidine groups is 1. The summed E-state index contributed by atoms with van der Waals surface area (Å²) in [6, 6.07) is 7.29. The topological polar surface area (TPSA) is 103 Å². The molecule has 0 aromatic heterocycles. The van der Waals surface area contributed by atoms with E-state index < -0.39 is 0 Å². The van der Waals surface area contributed by atoms with Crippen LogP contribution in [-0.4, -0.2) is 12.2 Å². The van der Waals surface area contributed by atoms with Gasteiger partial charge < -0.3 is 17.2 Å². The summed E-state index contributed by atoms with van der Waals surface area (Å²) >= 11 is 0. The van der Waals surface area contributed by atoms with Crippen molar-refractivity contribution >= 4 is 17.9 Å². The maximum Gasteiger partial charge on any atom is 0.211 e. The van der Waals surface area contributed by atoms with Crippen molar-refractivity contribution in [2.24, 2.45) is 21.7 Å². The fourth-order valence-corrected chi connectivity index (χ4v) is 0.786. The van der Waals surface area contributed by atoms with Crippen LogP contribution in [0.1, 0.15) is 5.56 Å². The zero-order valence-corrected chi connectivity index (χ0v) is 7.01. The zero-order chi connectivity index (χ0) is 9.68. The van der Waals surface area contributed by atoms with Gasteiger partial charge in [0.2, 0.25) is 5.96 Å². The van der Waals surface area contributed by atoms with Gasteiger partial charge in [-0.25, -0.2) is 0 Å². The second-order valence-corrected chi connectivity index (χ2v) is 2.40. The quantitative estimate of drug-likeness (QED) is 0.254. The van der Waals surface area contributed by atoms with Crippen LogP contribution in [0.4, 0.5) is 5.69 Å². The second kappa shape index (κ2) is 4.10. The maximum absolute atomic E-state index is 5.64. The number of hydrogen-bond acceptors (Lipinski definition) is 3. The summed E-state index contributed by atoms with van der Waals surface area (Å²) < 4.78 is 0. The molecule has 0 aliphatic rings. The Morgan fingerprint density at radius 1 is 1.23 bits per heavy atom. The summed E-state index contributed by atoms with van der Waals surface area (Å²) in [5, 5.41) is 7.08. The molecule has 0 atom stereocenters. The number of para-hydroxylation sites is 1. The van der Waals surface area contributed by atoms with E-state index in [4.69, 9.17) is 17.2 Å². The molecule has 0 heterocycles. The highest BCUT2D eigenvalue weighted by Gasteiger charge is 1.91. The Hall–Kier alpha value is -2.04. The largest absolute Gasteiger partial charge is 0.398 e. The lowest BCUT2D eigenvalue weighted by molar-refractivity contribution is 1.21. The van der Waals surface area contributed by atoms with E-state index in [1.807, 2.05) is 18.2 Å². The summed E-state index contributed by atoms with van der Waals surface area (Å²) in [4.78, 5) is 0. The Labute approximate surface area is 75.9 Å². The van der Waals surface area contributed by atoms with E-state index in [1.165, 1.54) is 6.21 Å². The van der Waals surface area contributed by atoms with Gasteiger partial charge in [-0.2, -0.15) is 5.10 Å². The van der Waals surface area contributed by atoms with E-state index >= 15 is 0 Å². The lowest BCUT2D eigenvalue weighted by Crippen LogP contribution is -2.21. The van der Waals surface area contributed by atoms with Crippen LogP contribution in [0.15, 0.2) is 34.5 Å². The van der Waals surface area contributed by atoms with E-state index in [-0.39, 0.29) is 5.96 Å². The van der Waals surface area contributed by atoms with Crippen molar-refractivity contribution in [3.8, 4) is 0 Å². The SMILES string of the molecule is NC(N)=N/N=C/c1ccccc1N. The Morgan fingerprint density at radius 2 is 1.92 bits per heavy atom. The minimum absolute atomic E-state index is 0.0780. The van der Waals surface area contributed by atoms with Gasteiger partial charge in [0.05, 0.1) is 6.21 Å². The molecule has 1 aromatic carbocycles. The molecule has 0 fully saturated rings. The van der Waals surface area contributed by atoms with E-state index in [0.717, 1.165) is 5.56 Å². The number of hydrogen-bond donors (Lipinski definition) is 3. The number of nitrogens with zero attached hydrogens (tertiary/aromatic N) is 2. The Bertz CT molecular complexity index is 338. The summed E-state index contributed by atoms with van der Waals surface area (Å²) in [5.74, 6) is -0.0780. The van der Waals surface area contributed by atoms with Gasteiger partial charge >= 0.3 is 0 Å². The van der Waals surface area contributed by atoms with Crippen LogP contribution in [0.3, 0.4) is 0 Å². The molecule has 1 aromatic rings. The van der Waals surface area contributed by atoms with E-state index in [1.54, 1.807) is 6.07 Å².